The highest BCUT2D eigenvalue weighted by molar-refractivity contribution is 5.86. The van der Waals surface area contributed by atoms with Gasteiger partial charge in [-0.3, -0.25) is 5.32 Å². The molecule has 3 aromatic rings. The minimum Gasteiger partial charge on any atom is -0.444 e. The summed E-state index contributed by atoms with van der Waals surface area (Å²) in [7, 11) is 0. The second-order valence-electron chi connectivity index (χ2n) is 10.4. The minimum atomic E-state index is -0.699. The van der Waals surface area contributed by atoms with Crippen LogP contribution < -0.4 is 11.1 Å². The van der Waals surface area contributed by atoms with Gasteiger partial charge in [-0.05, 0) is 64.8 Å². The minimum absolute atomic E-state index is 0.00560. The lowest BCUT2D eigenvalue weighted by atomic mass is 9.95. The molecule has 180 valence electrons. The Balaban J connectivity index is 1.46. The molecule has 2 aromatic heterocycles. The molecule has 5 rings (SSSR count). The Bertz CT molecular complexity index is 1230. The monoisotopic (exact) mass is 465 g/mol. The van der Waals surface area contributed by atoms with E-state index in [0.717, 1.165) is 23.0 Å². The van der Waals surface area contributed by atoms with Gasteiger partial charge in [0.25, 0.3) is 0 Å². The molecular formula is C25H31N5O4. The molecule has 3 N–H and O–H groups in total. The highest BCUT2D eigenvalue weighted by Gasteiger charge is 2.55. The average Bonchev–Trinajstić information content (AvgIpc) is 3.38. The van der Waals surface area contributed by atoms with Gasteiger partial charge in [0.15, 0.2) is 5.79 Å². The number of nitrogen functional groups attached to an aromatic ring is 1. The van der Waals surface area contributed by atoms with Crippen molar-refractivity contribution in [2.45, 2.75) is 76.6 Å². The summed E-state index contributed by atoms with van der Waals surface area (Å²) in [5, 5.41) is 3.66. The van der Waals surface area contributed by atoms with Gasteiger partial charge in [0.2, 0.25) is 0 Å². The molecule has 0 radical (unpaired) electrons. The number of fused-ring (bicyclic) bond motifs is 2. The lowest BCUT2D eigenvalue weighted by Crippen LogP contribution is -2.27. The molecule has 1 saturated carbocycles. The van der Waals surface area contributed by atoms with Gasteiger partial charge in [0, 0.05) is 17.8 Å². The van der Waals surface area contributed by atoms with E-state index in [-0.39, 0.29) is 24.2 Å². The molecular weight excluding hydrogens is 434 g/mol. The van der Waals surface area contributed by atoms with Gasteiger partial charge in [-0.25, -0.2) is 14.8 Å². The van der Waals surface area contributed by atoms with Crippen molar-refractivity contribution < 1.29 is 19.0 Å². The Morgan fingerprint density at radius 3 is 2.74 bits per heavy atom. The maximum absolute atomic E-state index is 12.3. The molecule has 0 bridgehead atoms. The van der Waals surface area contributed by atoms with Crippen LogP contribution in [0.5, 0.6) is 0 Å². The summed E-state index contributed by atoms with van der Waals surface area (Å²) in [4.78, 5) is 20.9. The van der Waals surface area contributed by atoms with E-state index in [1.54, 1.807) is 0 Å². The second kappa shape index (κ2) is 7.95. The Morgan fingerprint density at radius 1 is 1.21 bits per heavy atom. The van der Waals surface area contributed by atoms with Gasteiger partial charge >= 0.3 is 6.09 Å². The normalized spacial score (nSPS) is 25.9. The largest absolute Gasteiger partial charge is 0.444 e. The number of benzene rings is 1. The average molecular weight is 466 g/mol. The zero-order chi connectivity index (χ0) is 24.3. The van der Waals surface area contributed by atoms with E-state index >= 15 is 0 Å². The number of nitrogens with two attached hydrogens (primary N) is 1. The quantitative estimate of drug-likeness (QED) is 0.581. The van der Waals surface area contributed by atoms with Gasteiger partial charge in [0.05, 0.1) is 17.5 Å². The fraction of sp³-hybridized carbons (Fsp3) is 0.480. The van der Waals surface area contributed by atoms with Crippen molar-refractivity contribution >= 4 is 28.6 Å². The van der Waals surface area contributed by atoms with Crippen LogP contribution in [0.4, 0.5) is 16.3 Å². The van der Waals surface area contributed by atoms with Crippen LogP contribution in [0.2, 0.25) is 0 Å². The van der Waals surface area contributed by atoms with Crippen LogP contribution >= 0.6 is 0 Å². The lowest BCUT2D eigenvalue weighted by Gasteiger charge is -2.25. The molecule has 4 atom stereocenters. The number of aromatic nitrogens is 3. The number of hydrogen-bond donors (Lipinski definition) is 2. The molecule has 2 fully saturated rings. The molecule has 3 heterocycles. The van der Waals surface area contributed by atoms with Crippen LogP contribution in [0, 0.1) is 0 Å². The predicted octanol–water partition coefficient (Wildman–Crippen LogP) is 4.61. The van der Waals surface area contributed by atoms with Crippen molar-refractivity contribution in [2.75, 3.05) is 11.1 Å². The number of amides is 1. The maximum atomic E-state index is 12.3. The number of nitrogens with zero attached hydrogens (tertiary/aromatic N) is 3. The van der Waals surface area contributed by atoms with E-state index in [1.807, 2.05) is 65.1 Å². The van der Waals surface area contributed by atoms with Gasteiger partial charge in [-0.2, -0.15) is 0 Å². The first-order valence-electron chi connectivity index (χ1n) is 11.5. The third-order valence-corrected chi connectivity index (χ3v) is 6.29. The maximum Gasteiger partial charge on any atom is 0.412 e. The summed E-state index contributed by atoms with van der Waals surface area (Å²) in [6, 6.07) is 9.78. The number of anilines is 2. The van der Waals surface area contributed by atoms with E-state index in [2.05, 4.69) is 25.9 Å². The molecule has 1 aromatic carbocycles. The molecule has 1 amide bonds. The standard InChI is InChI=1S/C25H31N5O4/c1-24(2,3)34-23(31)29-15-8-6-7-14(11-15)17-12-18(20-19(17)32-25(4,5)33-20)30-10-9-16-21(26)27-13-28-22(16)30/h6-11,13,17-20H,12H2,1-5H3,(H,29,31)(H2,26,27,28)/t17-,18-,19-,20+/m1/s1. The number of nitrogens with one attached hydrogen (secondary N) is 1. The van der Waals surface area contributed by atoms with Crippen molar-refractivity contribution in [3.63, 3.8) is 0 Å². The van der Waals surface area contributed by atoms with Crippen LogP contribution in [0.3, 0.4) is 0 Å². The lowest BCUT2D eigenvalue weighted by molar-refractivity contribution is -0.157. The predicted molar refractivity (Wildman–Crippen MR) is 128 cm³/mol. The molecule has 9 heteroatoms. The third kappa shape index (κ3) is 4.21. The van der Waals surface area contributed by atoms with Gasteiger partial charge in [-0.1, -0.05) is 12.1 Å². The second-order valence-corrected chi connectivity index (χ2v) is 10.4. The highest BCUT2D eigenvalue weighted by Crippen LogP contribution is 2.51. The Morgan fingerprint density at radius 2 is 1.97 bits per heavy atom. The summed E-state index contributed by atoms with van der Waals surface area (Å²) < 4.78 is 20.3. The van der Waals surface area contributed by atoms with E-state index < -0.39 is 17.5 Å². The molecule has 0 spiro atoms. The topological polar surface area (TPSA) is 114 Å². The van der Waals surface area contributed by atoms with Crippen LogP contribution in [-0.2, 0) is 14.2 Å². The fourth-order valence-electron chi connectivity index (χ4n) is 5.08. The molecule has 1 saturated heterocycles. The summed E-state index contributed by atoms with van der Waals surface area (Å²) in [6.45, 7) is 9.39. The van der Waals surface area contributed by atoms with Crippen molar-refractivity contribution in [3.05, 3.63) is 48.4 Å². The number of ether oxygens (including phenoxy) is 3. The number of rotatable bonds is 3. The highest BCUT2D eigenvalue weighted by atomic mass is 16.8. The van der Waals surface area contributed by atoms with E-state index in [1.165, 1.54) is 6.33 Å². The first-order valence-corrected chi connectivity index (χ1v) is 11.5. The van der Waals surface area contributed by atoms with Gasteiger partial charge in [-0.15, -0.1) is 0 Å². The van der Waals surface area contributed by atoms with Crippen molar-refractivity contribution in [1.82, 2.24) is 14.5 Å². The number of carbonyl (C=O) groups excluding carboxylic acids is 1. The summed E-state index contributed by atoms with van der Waals surface area (Å²) in [5.74, 6) is -0.177. The summed E-state index contributed by atoms with van der Waals surface area (Å²) in [6.07, 6.45) is 3.48. The summed E-state index contributed by atoms with van der Waals surface area (Å²) in [5.41, 5.74) is 8.03. The zero-order valence-electron chi connectivity index (χ0n) is 20.1. The smallest absolute Gasteiger partial charge is 0.412 e. The van der Waals surface area contributed by atoms with Crippen molar-refractivity contribution in [3.8, 4) is 0 Å². The SMILES string of the molecule is CC(C)(C)OC(=O)Nc1cccc([C@H]2C[C@@H](n3ccc4c(N)ncnc43)[C@@H]3OC(C)(C)O[C@@H]32)c1. The van der Waals surface area contributed by atoms with Crippen LogP contribution in [-0.4, -0.2) is 44.2 Å². The summed E-state index contributed by atoms with van der Waals surface area (Å²) >= 11 is 0. The van der Waals surface area contributed by atoms with Crippen LogP contribution in [0.25, 0.3) is 11.0 Å². The van der Waals surface area contributed by atoms with Crippen LogP contribution in [0.15, 0.2) is 42.9 Å². The van der Waals surface area contributed by atoms with E-state index in [9.17, 15) is 4.79 Å². The Kier molecular flexibility index (Phi) is 5.29. The van der Waals surface area contributed by atoms with E-state index in [0.29, 0.717) is 11.5 Å². The first kappa shape index (κ1) is 22.6. The number of carbonyl (C=O) groups is 1. The van der Waals surface area contributed by atoms with E-state index in [4.69, 9.17) is 19.9 Å². The third-order valence-electron chi connectivity index (χ3n) is 6.29. The molecule has 34 heavy (non-hydrogen) atoms. The molecule has 1 aliphatic heterocycles. The fourth-order valence-corrected chi connectivity index (χ4v) is 5.08. The van der Waals surface area contributed by atoms with Gasteiger partial charge in [0.1, 0.15) is 29.5 Å². The Labute approximate surface area is 198 Å². The van der Waals surface area contributed by atoms with Crippen molar-refractivity contribution in [1.29, 1.82) is 0 Å². The molecule has 0 unspecified atom stereocenters. The number of hydrogen-bond acceptors (Lipinski definition) is 7. The van der Waals surface area contributed by atoms with Crippen molar-refractivity contribution in [2.24, 2.45) is 0 Å². The first-order chi connectivity index (χ1) is 16.0. The molecule has 2 aliphatic rings. The Hall–Kier alpha value is -3.17. The molecule has 9 nitrogen and oxygen atoms in total. The van der Waals surface area contributed by atoms with Crippen LogP contribution in [0.1, 0.15) is 58.6 Å². The van der Waals surface area contributed by atoms with Gasteiger partial charge < -0.3 is 24.5 Å². The molecule has 1 aliphatic carbocycles. The zero-order valence-corrected chi connectivity index (χ0v) is 20.1.